The SMILES string of the molecule is C[C@@H]1CN(Cc2n[c]ccn2)C[C@H](C)O1. The van der Waals surface area contributed by atoms with Gasteiger partial charge in [-0.1, -0.05) is 0 Å². The highest BCUT2D eigenvalue weighted by atomic mass is 16.5. The summed E-state index contributed by atoms with van der Waals surface area (Å²) < 4.78 is 5.66. The molecule has 4 heteroatoms. The minimum atomic E-state index is 0.293. The monoisotopic (exact) mass is 206 g/mol. The normalized spacial score (nSPS) is 27.9. The molecule has 1 aliphatic heterocycles. The van der Waals surface area contributed by atoms with Crippen molar-refractivity contribution in [1.29, 1.82) is 0 Å². The molecule has 0 N–H and O–H groups in total. The molecule has 4 nitrogen and oxygen atoms in total. The molecule has 0 aromatic carbocycles. The van der Waals surface area contributed by atoms with E-state index in [2.05, 4.69) is 34.9 Å². The number of rotatable bonds is 2. The van der Waals surface area contributed by atoms with Crippen LogP contribution in [0.5, 0.6) is 0 Å². The molecule has 0 saturated carbocycles. The van der Waals surface area contributed by atoms with Crippen molar-refractivity contribution in [3.8, 4) is 0 Å². The summed E-state index contributed by atoms with van der Waals surface area (Å²) in [5.74, 6) is 0.832. The number of ether oxygens (including phenoxy) is 1. The van der Waals surface area contributed by atoms with Gasteiger partial charge in [0.05, 0.1) is 24.9 Å². The molecule has 15 heavy (non-hydrogen) atoms. The first-order valence-electron chi connectivity index (χ1n) is 5.30. The summed E-state index contributed by atoms with van der Waals surface area (Å²) in [6.07, 6.45) is 5.12. The molecule has 1 fully saturated rings. The molecular formula is C11H16N3O. The maximum Gasteiger partial charge on any atom is 0.142 e. The van der Waals surface area contributed by atoms with Crippen molar-refractivity contribution in [2.75, 3.05) is 13.1 Å². The summed E-state index contributed by atoms with van der Waals surface area (Å²) in [5.41, 5.74) is 0. The molecule has 0 spiro atoms. The molecular weight excluding hydrogens is 190 g/mol. The van der Waals surface area contributed by atoms with Gasteiger partial charge in [0.1, 0.15) is 5.82 Å². The van der Waals surface area contributed by atoms with Crippen LogP contribution in [0.15, 0.2) is 12.3 Å². The Hall–Kier alpha value is -1.00. The van der Waals surface area contributed by atoms with Crippen LogP contribution < -0.4 is 0 Å². The van der Waals surface area contributed by atoms with Crippen molar-refractivity contribution >= 4 is 0 Å². The van der Waals surface area contributed by atoms with Gasteiger partial charge >= 0.3 is 0 Å². The number of hydrogen-bond donors (Lipinski definition) is 0. The maximum absolute atomic E-state index is 5.66. The number of morpholine rings is 1. The Morgan fingerprint density at radius 3 is 2.80 bits per heavy atom. The summed E-state index contributed by atoms with van der Waals surface area (Å²) in [4.78, 5) is 10.6. The molecule has 1 radical (unpaired) electrons. The van der Waals surface area contributed by atoms with E-state index in [1.807, 2.05) is 0 Å². The smallest absolute Gasteiger partial charge is 0.142 e. The van der Waals surface area contributed by atoms with Crippen LogP contribution in [0.3, 0.4) is 0 Å². The largest absolute Gasteiger partial charge is 0.373 e. The molecule has 1 aromatic rings. The quantitative estimate of drug-likeness (QED) is 0.720. The van der Waals surface area contributed by atoms with Crippen LogP contribution in [-0.4, -0.2) is 40.2 Å². The Morgan fingerprint density at radius 2 is 2.20 bits per heavy atom. The highest BCUT2D eigenvalue weighted by molar-refractivity contribution is 4.88. The molecule has 1 aromatic heterocycles. The minimum Gasteiger partial charge on any atom is -0.373 e. The Labute approximate surface area is 90.3 Å². The van der Waals surface area contributed by atoms with Crippen LogP contribution in [0, 0.1) is 6.20 Å². The molecule has 2 rings (SSSR count). The maximum atomic E-state index is 5.66. The van der Waals surface area contributed by atoms with Crippen molar-refractivity contribution in [3.63, 3.8) is 0 Å². The zero-order chi connectivity index (χ0) is 10.7. The average Bonchev–Trinajstić information content (AvgIpc) is 2.17. The van der Waals surface area contributed by atoms with Gasteiger partial charge in [-0.15, -0.1) is 0 Å². The third-order valence-corrected chi connectivity index (χ3v) is 2.43. The van der Waals surface area contributed by atoms with E-state index in [0.29, 0.717) is 12.2 Å². The fourth-order valence-electron chi connectivity index (χ4n) is 1.99. The standard InChI is InChI=1S/C11H16N3O/c1-9-6-14(7-10(2)15-9)8-11-12-4-3-5-13-11/h3-4,9-10H,6-8H2,1-2H3/t9-,10+. The lowest BCUT2D eigenvalue weighted by atomic mass is 10.2. The predicted molar refractivity (Wildman–Crippen MR) is 56.2 cm³/mol. The van der Waals surface area contributed by atoms with E-state index in [1.165, 1.54) is 0 Å². The van der Waals surface area contributed by atoms with Gasteiger partial charge in [0, 0.05) is 19.3 Å². The van der Waals surface area contributed by atoms with E-state index in [0.717, 1.165) is 25.5 Å². The van der Waals surface area contributed by atoms with Gasteiger partial charge < -0.3 is 4.74 Å². The Bertz CT molecular complexity index is 294. The fraction of sp³-hybridized carbons (Fsp3) is 0.636. The lowest BCUT2D eigenvalue weighted by molar-refractivity contribution is -0.0710. The van der Waals surface area contributed by atoms with Crippen LogP contribution in [-0.2, 0) is 11.3 Å². The summed E-state index contributed by atoms with van der Waals surface area (Å²) >= 11 is 0. The summed E-state index contributed by atoms with van der Waals surface area (Å²) in [6.45, 7) is 6.88. The second kappa shape index (κ2) is 4.68. The first-order valence-corrected chi connectivity index (χ1v) is 5.30. The molecule has 0 bridgehead atoms. The van der Waals surface area contributed by atoms with Gasteiger partial charge in [-0.3, -0.25) is 4.90 Å². The Morgan fingerprint density at radius 1 is 1.47 bits per heavy atom. The van der Waals surface area contributed by atoms with Gasteiger partial charge in [-0.25, -0.2) is 9.97 Å². The van der Waals surface area contributed by atoms with Gasteiger partial charge in [0.2, 0.25) is 0 Å². The lowest BCUT2D eigenvalue weighted by Gasteiger charge is -2.34. The van der Waals surface area contributed by atoms with E-state index in [-0.39, 0.29) is 0 Å². The first kappa shape index (κ1) is 10.5. The molecule has 0 unspecified atom stereocenters. The number of nitrogens with zero attached hydrogens (tertiary/aromatic N) is 3. The third-order valence-electron chi connectivity index (χ3n) is 2.43. The zero-order valence-corrected chi connectivity index (χ0v) is 9.18. The van der Waals surface area contributed by atoms with Crippen molar-refractivity contribution < 1.29 is 4.74 Å². The second-order valence-electron chi connectivity index (χ2n) is 4.05. The highest BCUT2D eigenvalue weighted by Gasteiger charge is 2.22. The number of hydrogen-bond acceptors (Lipinski definition) is 4. The summed E-state index contributed by atoms with van der Waals surface area (Å²) in [5, 5.41) is 0. The van der Waals surface area contributed by atoms with Gasteiger partial charge in [0.15, 0.2) is 0 Å². The molecule has 2 atom stereocenters. The van der Waals surface area contributed by atoms with Crippen LogP contribution in [0.4, 0.5) is 0 Å². The minimum absolute atomic E-state index is 0.293. The molecule has 1 aliphatic rings. The summed E-state index contributed by atoms with van der Waals surface area (Å²) in [7, 11) is 0. The van der Waals surface area contributed by atoms with Gasteiger partial charge in [-0.2, -0.15) is 0 Å². The van der Waals surface area contributed by atoms with Gasteiger partial charge in [0.25, 0.3) is 0 Å². The average molecular weight is 206 g/mol. The summed E-state index contributed by atoms with van der Waals surface area (Å²) in [6, 6.07) is 1.72. The second-order valence-corrected chi connectivity index (χ2v) is 4.05. The lowest BCUT2D eigenvalue weighted by Crippen LogP contribution is -2.45. The van der Waals surface area contributed by atoms with Crippen molar-refractivity contribution in [3.05, 3.63) is 24.3 Å². The van der Waals surface area contributed by atoms with E-state index in [9.17, 15) is 0 Å². The molecule has 2 heterocycles. The molecule has 1 saturated heterocycles. The van der Waals surface area contributed by atoms with Crippen LogP contribution >= 0.6 is 0 Å². The fourth-order valence-corrected chi connectivity index (χ4v) is 1.99. The van der Waals surface area contributed by atoms with Crippen LogP contribution in [0.1, 0.15) is 19.7 Å². The molecule has 81 valence electrons. The van der Waals surface area contributed by atoms with Crippen molar-refractivity contribution in [2.24, 2.45) is 0 Å². The van der Waals surface area contributed by atoms with Gasteiger partial charge in [-0.05, 0) is 19.9 Å². The van der Waals surface area contributed by atoms with E-state index < -0.39 is 0 Å². The topological polar surface area (TPSA) is 38.2 Å². The Balaban J connectivity index is 1.94. The van der Waals surface area contributed by atoms with Crippen LogP contribution in [0.2, 0.25) is 0 Å². The highest BCUT2D eigenvalue weighted by Crippen LogP contribution is 2.12. The van der Waals surface area contributed by atoms with Crippen LogP contribution in [0.25, 0.3) is 0 Å². The van der Waals surface area contributed by atoms with Crippen molar-refractivity contribution in [2.45, 2.75) is 32.6 Å². The number of aromatic nitrogens is 2. The van der Waals surface area contributed by atoms with E-state index in [4.69, 9.17) is 4.74 Å². The zero-order valence-electron chi connectivity index (χ0n) is 9.18. The van der Waals surface area contributed by atoms with E-state index in [1.54, 1.807) is 12.3 Å². The van der Waals surface area contributed by atoms with E-state index >= 15 is 0 Å². The first-order chi connectivity index (χ1) is 7.24. The third kappa shape index (κ3) is 2.97. The van der Waals surface area contributed by atoms with Crippen molar-refractivity contribution in [1.82, 2.24) is 14.9 Å². The molecule has 0 aliphatic carbocycles. The predicted octanol–water partition coefficient (Wildman–Crippen LogP) is 0.886. The Kier molecular flexibility index (Phi) is 3.28. The molecule has 0 amide bonds.